The molecule has 120 valence electrons. The summed E-state index contributed by atoms with van der Waals surface area (Å²) in [5.74, 6) is -7.26. The molecule has 0 aliphatic rings. The quantitative estimate of drug-likeness (QED) is 0.332. The number of carbonyl (C=O) groups excluding carboxylic acids is 2. The number of nitrogens with zero attached hydrogens (tertiary/aromatic N) is 1. The lowest BCUT2D eigenvalue weighted by Gasteiger charge is -2.24. The maximum atomic E-state index is 14.9. The summed E-state index contributed by atoms with van der Waals surface area (Å²) in [5.41, 5.74) is 0.117. The van der Waals surface area contributed by atoms with Gasteiger partial charge in [0.15, 0.2) is 0 Å². The van der Waals surface area contributed by atoms with Gasteiger partial charge < -0.3 is 4.74 Å². The molecular formula is C14H15ClFNO5. The molecule has 0 saturated heterocycles. The van der Waals surface area contributed by atoms with Gasteiger partial charge in [-0.1, -0.05) is 23.7 Å². The lowest BCUT2D eigenvalue weighted by Crippen LogP contribution is -2.49. The molecule has 0 unspecified atom stereocenters. The number of alkyl halides is 1. The molecule has 2 atom stereocenters. The summed E-state index contributed by atoms with van der Waals surface area (Å²) < 4.78 is 19.4. The molecular weight excluding hydrogens is 317 g/mol. The first-order chi connectivity index (χ1) is 10.2. The Labute approximate surface area is 131 Å². The first kappa shape index (κ1) is 18.0. The largest absolute Gasteiger partial charge is 0.461 e. The SMILES string of the molecule is CCOC(=O)[C@@](F)([C@H](CC(C)=O)c1ccc(Cl)cc1)[N+](=O)[O-]. The number of hydrogen-bond donors (Lipinski definition) is 0. The highest BCUT2D eigenvalue weighted by Crippen LogP contribution is 2.37. The molecule has 0 spiro atoms. The van der Waals surface area contributed by atoms with E-state index in [9.17, 15) is 24.1 Å². The molecule has 22 heavy (non-hydrogen) atoms. The van der Waals surface area contributed by atoms with Crippen molar-refractivity contribution in [1.29, 1.82) is 0 Å². The van der Waals surface area contributed by atoms with E-state index in [1.54, 1.807) is 0 Å². The number of halogens is 2. The van der Waals surface area contributed by atoms with Gasteiger partial charge in [-0.3, -0.25) is 14.9 Å². The molecule has 1 rings (SSSR count). The van der Waals surface area contributed by atoms with Crippen molar-refractivity contribution in [2.24, 2.45) is 0 Å². The van der Waals surface area contributed by atoms with Crippen molar-refractivity contribution in [2.75, 3.05) is 6.61 Å². The molecule has 0 fully saturated rings. The molecule has 6 nitrogen and oxygen atoms in total. The van der Waals surface area contributed by atoms with Gasteiger partial charge in [0.25, 0.3) is 0 Å². The van der Waals surface area contributed by atoms with Crippen LogP contribution in [-0.2, 0) is 14.3 Å². The van der Waals surface area contributed by atoms with Gasteiger partial charge in [-0.15, -0.1) is 0 Å². The number of hydrogen-bond acceptors (Lipinski definition) is 5. The second-order valence-corrected chi connectivity index (χ2v) is 5.10. The minimum Gasteiger partial charge on any atom is -0.458 e. The van der Waals surface area contributed by atoms with E-state index < -0.39 is 34.8 Å². The Kier molecular flexibility index (Phi) is 5.99. The summed E-state index contributed by atoms with van der Waals surface area (Å²) in [6.45, 7) is 2.35. The minimum absolute atomic E-state index is 0.117. The standard InChI is InChI=1S/C14H15ClFNO5/c1-3-22-13(19)14(16,17(20)21)12(8-9(2)18)10-4-6-11(15)7-5-10/h4-7,12H,3,8H2,1-2H3/t12-,14-/m1/s1. The molecule has 0 aliphatic carbocycles. The lowest BCUT2D eigenvalue weighted by molar-refractivity contribution is -0.594. The predicted molar refractivity (Wildman–Crippen MR) is 77.0 cm³/mol. The summed E-state index contributed by atoms with van der Waals surface area (Å²) in [6.07, 6.45) is -0.516. The van der Waals surface area contributed by atoms with E-state index in [0.717, 1.165) is 6.92 Å². The second kappa shape index (κ2) is 7.31. The van der Waals surface area contributed by atoms with Crippen LogP contribution in [0.5, 0.6) is 0 Å². The van der Waals surface area contributed by atoms with Crippen LogP contribution in [-0.4, -0.2) is 29.1 Å². The number of Topliss-reactive ketones (excluding diaryl/α,β-unsaturated/α-hetero) is 1. The Bertz CT molecular complexity index is 577. The fraction of sp³-hybridized carbons (Fsp3) is 0.429. The van der Waals surface area contributed by atoms with Gasteiger partial charge in [0, 0.05) is 11.4 Å². The molecule has 1 aromatic carbocycles. The molecule has 0 amide bonds. The smallest absolute Gasteiger partial charge is 0.458 e. The van der Waals surface area contributed by atoms with Gasteiger partial charge in [0.05, 0.1) is 11.5 Å². The molecule has 0 N–H and O–H groups in total. The van der Waals surface area contributed by atoms with Crippen LogP contribution in [0.1, 0.15) is 31.7 Å². The van der Waals surface area contributed by atoms with E-state index >= 15 is 0 Å². The van der Waals surface area contributed by atoms with Crippen LogP contribution in [0.2, 0.25) is 5.02 Å². The van der Waals surface area contributed by atoms with E-state index in [-0.39, 0.29) is 12.2 Å². The summed E-state index contributed by atoms with van der Waals surface area (Å²) in [4.78, 5) is 33.0. The third-order valence-corrected chi connectivity index (χ3v) is 3.31. The lowest BCUT2D eigenvalue weighted by atomic mass is 9.85. The molecule has 0 aliphatic heterocycles. The highest BCUT2D eigenvalue weighted by Gasteiger charge is 2.61. The normalized spacial score (nSPS) is 14.7. The van der Waals surface area contributed by atoms with Crippen LogP contribution >= 0.6 is 11.6 Å². The Morgan fingerprint density at radius 3 is 2.36 bits per heavy atom. The highest BCUT2D eigenvalue weighted by atomic mass is 35.5. The zero-order chi connectivity index (χ0) is 16.9. The van der Waals surface area contributed by atoms with E-state index in [0.29, 0.717) is 5.02 Å². The van der Waals surface area contributed by atoms with E-state index in [2.05, 4.69) is 4.74 Å². The van der Waals surface area contributed by atoms with E-state index in [1.165, 1.54) is 31.2 Å². The number of nitro groups is 1. The zero-order valence-electron chi connectivity index (χ0n) is 12.0. The number of carbonyl (C=O) groups is 2. The van der Waals surface area contributed by atoms with Gasteiger partial charge in [-0.2, -0.15) is 4.39 Å². The highest BCUT2D eigenvalue weighted by molar-refractivity contribution is 6.30. The summed E-state index contributed by atoms with van der Waals surface area (Å²) in [5, 5.41) is 11.5. The van der Waals surface area contributed by atoms with Crippen molar-refractivity contribution < 1.29 is 23.6 Å². The Hall–Kier alpha value is -2.02. The first-order valence-corrected chi connectivity index (χ1v) is 6.86. The summed E-state index contributed by atoms with van der Waals surface area (Å²) >= 11 is 5.72. The monoisotopic (exact) mass is 331 g/mol. The molecule has 8 heteroatoms. The number of esters is 1. The van der Waals surface area contributed by atoms with Crippen LogP contribution in [0.15, 0.2) is 24.3 Å². The van der Waals surface area contributed by atoms with E-state index in [4.69, 9.17) is 11.6 Å². The third-order valence-electron chi connectivity index (χ3n) is 3.05. The number of rotatable bonds is 7. The minimum atomic E-state index is -3.55. The van der Waals surface area contributed by atoms with Crippen molar-refractivity contribution in [3.8, 4) is 0 Å². The van der Waals surface area contributed by atoms with Crippen LogP contribution in [0, 0.1) is 10.1 Å². The summed E-state index contributed by atoms with van der Waals surface area (Å²) in [6, 6.07) is 5.48. The van der Waals surface area contributed by atoms with Crippen molar-refractivity contribution in [3.63, 3.8) is 0 Å². The fourth-order valence-electron chi connectivity index (χ4n) is 2.03. The molecule has 0 radical (unpaired) electrons. The van der Waals surface area contributed by atoms with Gasteiger partial charge in [0.1, 0.15) is 11.7 Å². The topological polar surface area (TPSA) is 86.5 Å². The van der Waals surface area contributed by atoms with E-state index in [1.807, 2.05) is 0 Å². The van der Waals surface area contributed by atoms with Crippen LogP contribution in [0.25, 0.3) is 0 Å². The van der Waals surface area contributed by atoms with Crippen molar-refractivity contribution in [1.82, 2.24) is 0 Å². The van der Waals surface area contributed by atoms with Gasteiger partial charge >= 0.3 is 11.8 Å². The van der Waals surface area contributed by atoms with Gasteiger partial charge in [0.2, 0.25) is 0 Å². The first-order valence-electron chi connectivity index (χ1n) is 6.49. The zero-order valence-corrected chi connectivity index (χ0v) is 12.8. The molecule has 0 saturated carbocycles. The Morgan fingerprint density at radius 1 is 1.41 bits per heavy atom. The maximum Gasteiger partial charge on any atom is 0.461 e. The fourth-order valence-corrected chi connectivity index (χ4v) is 2.16. The maximum absolute atomic E-state index is 14.9. The van der Waals surface area contributed by atoms with Crippen molar-refractivity contribution in [2.45, 2.75) is 32.0 Å². The van der Waals surface area contributed by atoms with Crippen molar-refractivity contribution >= 4 is 23.4 Å². The Balaban J connectivity index is 3.38. The molecule has 0 heterocycles. The van der Waals surface area contributed by atoms with Crippen LogP contribution in [0.3, 0.4) is 0 Å². The van der Waals surface area contributed by atoms with Crippen LogP contribution in [0.4, 0.5) is 4.39 Å². The van der Waals surface area contributed by atoms with Crippen LogP contribution < -0.4 is 0 Å². The number of ether oxygens (including phenoxy) is 1. The number of benzene rings is 1. The number of ketones is 1. The molecule has 0 bridgehead atoms. The van der Waals surface area contributed by atoms with Gasteiger partial charge in [-0.05, 0) is 31.5 Å². The molecule has 0 aromatic heterocycles. The third kappa shape index (κ3) is 3.79. The van der Waals surface area contributed by atoms with Crippen molar-refractivity contribution in [3.05, 3.63) is 45.0 Å². The predicted octanol–water partition coefficient (Wildman–Crippen LogP) is 2.91. The Morgan fingerprint density at radius 2 is 1.95 bits per heavy atom. The van der Waals surface area contributed by atoms with Gasteiger partial charge in [-0.25, -0.2) is 4.79 Å². The summed E-state index contributed by atoms with van der Waals surface area (Å²) in [7, 11) is 0. The molecule has 1 aromatic rings. The second-order valence-electron chi connectivity index (χ2n) is 4.66. The average Bonchev–Trinajstić information content (AvgIpc) is 2.44. The average molecular weight is 332 g/mol.